The molecule has 0 fully saturated rings. The number of nitrogens with zero attached hydrogens (tertiary/aromatic N) is 4. The Morgan fingerprint density at radius 3 is 2.70 bits per heavy atom. The van der Waals surface area contributed by atoms with Crippen LogP contribution in [0.3, 0.4) is 0 Å². The highest BCUT2D eigenvalue weighted by atomic mass is 35.5. The maximum Gasteiger partial charge on any atom is 0.268 e. The number of nitrogens with one attached hydrogen (secondary N) is 1. The molecule has 0 saturated carbocycles. The average Bonchev–Trinajstić information content (AvgIpc) is 3.31. The van der Waals surface area contributed by atoms with Gasteiger partial charge in [-0.25, -0.2) is 0 Å². The van der Waals surface area contributed by atoms with Crippen molar-refractivity contribution in [3.8, 4) is 6.07 Å². The minimum absolute atomic E-state index is 0.00255. The number of rotatable bonds is 5. The Balaban J connectivity index is 1.68. The molecule has 6 nitrogen and oxygen atoms in total. The standard InChI is InChI=1S/C22H16ClN5OS/c1-14-26-27-22(30-14)25-21(29)16(11-24)10-17-13-28(20-5-3-2-4-19(17)20)12-15-6-8-18(23)9-7-15/h2-10,13H,12H2,1H3,(H,25,27,29)/b16-10-. The summed E-state index contributed by atoms with van der Waals surface area (Å²) in [4.78, 5) is 12.5. The number of carbonyl (C=O) groups is 1. The van der Waals surface area contributed by atoms with Gasteiger partial charge < -0.3 is 4.57 Å². The number of amides is 1. The van der Waals surface area contributed by atoms with Crippen LogP contribution in [0.15, 0.2) is 60.3 Å². The highest BCUT2D eigenvalue weighted by Gasteiger charge is 2.14. The predicted molar refractivity (Wildman–Crippen MR) is 119 cm³/mol. The summed E-state index contributed by atoms with van der Waals surface area (Å²) in [6.45, 7) is 2.44. The van der Waals surface area contributed by atoms with Gasteiger partial charge in [-0.2, -0.15) is 5.26 Å². The quantitative estimate of drug-likeness (QED) is 0.352. The van der Waals surface area contributed by atoms with Gasteiger partial charge in [0.15, 0.2) is 0 Å². The molecule has 1 N–H and O–H groups in total. The highest BCUT2D eigenvalue weighted by molar-refractivity contribution is 7.15. The molecule has 0 aliphatic heterocycles. The summed E-state index contributed by atoms with van der Waals surface area (Å²) in [6.07, 6.45) is 3.54. The number of anilines is 1. The Kier molecular flexibility index (Phi) is 5.61. The predicted octanol–water partition coefficient (Wildman–Crippen LogP) is 5.05. The molecule has 148 valence electrons. The Labute approximate surface area is 182 Å². The van der Waals surface area contributed by atoms with Crippen molar-refractivity contribution in [3.63, 3.8) is 0 Å². The SMILES string of the molecule is Cc1nnc(NC(=O)/C(C#N)=C\c2cn(Cc3ccc(Cl)cc3)c3ccccc23)s1. The van der Waals surface area contributed by atoms with Crippen LogP contribution in [0.4, 0.5) is 5.13 Å². The van der Waals surface area contributed by atoms with Crippen molar-refractivity contribution < 1.29 is 4.79 Å². The second-order valence-electron chi connectivity index (χ2n) is 6.61. The molecule has 0 saturated heterocycles. The first kappa shape index (κ1) is 19.8. The molecule has 0 atom stereocenters. The van der Waals surface area contributed by atoms with Gasteiger partial charge in [0.2, 0.25) is 5.13 Å². The van der Waals surface area contributed by atoms with Gasteiger partial charge in [-0.05, 0) is 36.8 Å². The van der Waals surface area contributed by atoms with E-state index in [0.29, 0.717) is 16.7 Å². The van der Waals surface area contributed by atoms with Crippen LogP contribution in [0, 0.1) is 18.3 Å². The Morgan fingerprint density at radius 1 is 1.23 bits per heavy atom. The zero-order valence-corrected chi connectivity index (χ0v) is 17.5. The molecule has 0 radical (unpaired) electrons. The van der Waals surface area contributed by atoms with Crippen LogP contribution in [0.25, 0.3) is 17.0 Å². The molecule has 30 heavy (non-hydrogen) atoms. The van der Waals surface area contributed by atoms with E-state index in [1.807, 2.05) is 60.8 Å². The lowest BCUT2D eigenvalue weighted by molar-refractivity contribution is -0.112. The fourth-order valence-electron chi connectivity index (χ4n) is 3.12. The monoisotopic (exact) mass is 433 g/mol. The van der Waals surface area contributed by atoms with Crippen molar-refractivity contribution in [2.45, 2.75) is 13.5 Å². The van der Waals surface area contributed by atoms with E-state index in [-0.39, 0.29) is 5.57 Å². The van der Waals surface area contributed by atoms with Crippen LogP contribution in [-0.4, -0.2) is 20.7 Å². The summed E-state index contributed by atoms with van der Waals surface area (Å²) in [5.74, 6) is -0.511. The van der Waals surface area contributed by atoms with Crippen LogP contribution in [0.2, 0.25) is 5.02 Å². The molecule has 0 aliphatic rings. The van der Waals surface area contributed by atoms with E-state index < -0.39 is 5.91 Å². The third-order valence-corrected chi connectivity index (χ3v) is 5.50. The van der Waals surface area contributed by atoms with Crippen LogP contribution < -0.4 is 5.32 Å². The fourth-order valence-corrected chi connectivity index (χ4v) is 3.84. The van der Waals surface area contributed by atoms with Crippen molar-refractivity contribution in [2.24, 2.45) is 0 Å². The number of nitriles is 1. The first-order chi connectivity index (χ1) is 14.5. The van der Waals surface area contributed by atoms with Crippen LogP contribution in [0.1, 0.15) is 16.1 Å². The number of fused-ring (bicyclic) bond motifs is 1. The number of benzene rings is 2. The number of aromatic nitrogens is 3. The van der Waals surface area contributed by atoms with Crippen LogP contribution in [0.5, 0.6) is 0 Å². The Hall–Kier alpha value is -3.47. The van der Waals surface area contributed by atoms with Crippen molar-refractivity contribution in [1.82, 2.24) is 14.8 Å². The Morgan fingerprint density at radius 2 is 2.00 bits per heavy atom. The van der Waals surface area contributed by atoms with Crippen molar-refractivity contribution >= 4 is 51.0 Å². The van der Waals surface area contributed by atoms with E-state index in [9.17, 15) is 10.1 Å². The second-order valence-corrected chi connectivity index (χ2v) is 8.22. The van der Waals surface area contributed by atoms with Gasteiger partial charge >= 0.3 is 0 Å². The summed E-state index contributed by atoms with van der Waals surface area (Å²) in [6, 6.07) is 17.5. The second kappa shape index (κ2) is 8.49. The topological polar surface area (TPSA) is 83.6 Å². The summed E-state index contributed by atoms with van der Waals surface area (Å²) in [7, 11) is 0. The summed E-state index contributed by atoms with van der Waals surface area (Å²) in [5, 5.41) is 22.7. The largest absolute Gasteiger partial charge is 0.342 e. The molecule has 0 aliphatic carbocycles. The number of hydrogen-bond donors (Lipinski definition) is 1. The molecule has 1 amide bonds. The first-order valence-electron chi connectivity index (χ1n) is 9.09. The van der Waals surface area contributed by atoms with Crippen molar-refractivity contribution in [2.75, 3.05) is 5.32 Å². The van der Waals surface area contributed by atoms with E-state index in [1.165, 1.54) is 11.3 Å². The third-order valence-electron chi connectivity index (χ3n) is 4.50. The third kappa shape index (κ3) is 4.25. The molecule has 4 aromatic rings. The van der Waals surface area contributed by atoms with E-state index in [0.717, 1.165) is 27.0 Å². The fraction of sp³-hybridized carbons (Fsp3) is 0.0909. The highest BCUT2D eigenvalue weighted by Crippen LogP contribution is 2.25. The maximum absolute atomic E-state index is 12.5. The molecular weight excluding hydrogens is 418 g/mol. The molecule has 8 heteroatoms. The summed E-state index contributed by atoms with van der Waals surface area (Å²) >= 11 is 7.24. The number of halogens is 1. The summed E-state index contributed by atoms with van der Waals surface area (Å²) in [5.41, 5.74) is 2.90. The maximum atomic E-state index is 12.5. The van der Waals surface area contributed by atoms with Crippen molar-refractivity contribution in [3.05, 3.63) is 81.5 Å². The smallest absolute Gasteiger partial charge is 0.268 e. The zero-order chi connectivity index (χ0) is 21.1. The van der Waals surface area contributed by atoms with Gasteiger partial charge in [-0.15, -0.1) is 10.2 Å². The van der Waals surface area contributed by atoms with Gasteiger partial charge in [-0.1, -0.05) is 53.3 Å². The molecule has 4 rings (SSSR count). The molecule has 2 heterocycles. The molecular formula is C22H16ClN5OS. The zero-order valence-electron chi connectivity index (χ0n) is 16.0. The van der Waals surface area contributed by atoms with Gasteiger partial charge in [-0.3, -0.25) is 10.1 Å². The van der Waals surface area contributed by atoms with E-state index in [2.05, 4.69) is 20.1 Å². The van der Waals surface area contributed by atoms with Crippen LogP contribution >= 0.6 is 22.9 Å². The van der Waals surface area contributed by atoms with E-state index >= 15 is 0 Å². The van der Waals surface area contributed by atoms with Gasteiger partial charge in [0.25, 0.3) is 5.91 Å². The molecule has 0 spiro atoms. The summed E-state index contributed by atoms with van der Waals surface area (Å²) < 4.78 is 2.09. The number of para-hydroxylation sites is 1. The lowest BCUT2D eigenvalue weighted by Crippen LogP contribution is -2.13. The molecule has 2 aromatic carbocycles. The molecule has 2 aromatic heterocycles. The molecule has 0 bridgehead atoms. The van der Waals surface area contributed by atoms with Gasteiger partial charge in [0.1, 0.15) is 16.6 Å². The number of carbonyl (C=O) groups excluding carboxylic acids is 1. The minimum atomic E-state index is -0.511. The lowest BCUT2D eigenvalue weighted by atomic mass is 10.1. The van der Waals surface area contributed by atoms with E-state index in [4.69, 9.17) is 11.6 Å². The first-order valence-corrected chi connectivity index (χ1v) is 10.3. The van der Waals surface area contributed by atoms with Crippen LogP contribution in [-0.2, 0) is 11.3 Å². The minimum Gasteiger partial charge on any atom is -0.342 e. The van der Waals surface area contributed by atoms with Crippen molar-refractivity contribution in [1.29, 1.82) is 5.26 Å². The average molecular weight is 434 g/mol. The van der Waals surface area contributed by atoms with E-state index in [1.54, 1.807) is 13.0 Å². The van der Waals surface area contributed by atoms with Gasteiger partial charge in [0, 0.05) is 34.2 Å². The number of aryl methyl sites for hydroxylation is 1. The molecule has 0 unspecified atom stereocenters. The van der Waals surface area contributed by atoms with Gasteiger partial charge in [0.05, 0.1) is 0 Å². The lowest BCUT2D eigenvalue weighted by Gasteiger charge is -2.05. The Bertz CT molecular complexity index is 1300. The normalized spacial score (nSPS) is 11.4. The number of hydrogen-bond acceptors (Lipinski definition) is 5.